The topological polar surface area (TPSA) is 125 Å². The minimum atomic E-state index is -1.18. The third-order valence-electron chi connectivity index (χ3n) is 6.80. The summed E-state index contributed by atoms with van der Waals surface area (Å²) in [5, 5.41) is 23.5. The number of carboxylic acid groups (broad SMARTS) is 1. The number of hydrogen-bond acceptors (Lipinski definition) is 5. The number of nitrogens with one attached hydrogen (secondary N) is 2. The van der Waals surface area contributed by atoms with Crippen LogP contribution in [0, 0.1) is 5.92 Å². The largest absolute Gasteiger partial charge is 0.480 e. The van der Waals surface area contributed by atoms with E-state index in [0.29, 0.717) is 0 Å². The highest BCUT2D eigenvalue weighted by Crippen LogP contribution is 2.44. The highest BCUT2D eigenvalue weighted by Gasteiger charge is 2.33. The number of carboxylic acids is 1. The lowest BCUT2D eigenvalue weighted by Crippen LogP contribution is -2.44. The third kappa shape index (κ3) is 5.22. The van der Waals surface area contributed by atoms with Crippen LogP contribution in [0.5, 0.6) is 0 Å². The fraction of sp³-hybridized carbons (Fsp3) is 0.423. The maximum absolute atomic E-state index is 12.6. The van der Waals surface area contributed by atoms with Gasteiger partial charge in [0.25, 0.3) is 0 Å². The van der Waals surface area contributed by atoms with Crippen LogP contribution < -0.4 is 10.6 Å². The molecule has 4 N–H and O–H groups in total. The van der Waals surface area contributed by atoms with E-state index in [1.54, 1.807) is 0 Å². The number of benzene rings is 2. The van der Waals surface area contributed by atoms with Crippen molar-refractivity contribution in [1.29, 1.82) is 0 Å². The second kappa shape index (κ2) is 10.7. The van der Waals surface area contributed by atoms with E-state index in [1.807, 2.05) is 24.3 Å². The van der Waals surface area contributed by atoms with Gasteiger partial charge in [0.2, 0.25) is 5.91 Å². The van der Waals surface area contributed by atoms with Crippen molar-refractivity contribution in [2.75, 3.05) is 13.2 Å². The number of rotatable bonds is 9. The Morgan fingerprint density at radius 1 is 1.00 bits per heavy atom. The van der Waals surface area contributed by atoms with Gasteiger partial charge in [0, 0.05) is 31.4 Å². The van der Waals surface area contributed by atoms with Crippen molar-refractivity contribution >= 4 is 18.0 Å². The number of carbonyl (C=O) groups is 3. The summed E-state index contributed by atoms with van der Waals surface area (Å²) in [7, 11) is 0. The zero-order valence-corrected chi connectivity index (χ0v) is 18.9. The predicted octanol–water partition coefficient (Wildman–Crippen LogP) is 3.04. The van der Waals surface area contributed by atoms with Crippen LogP contribution in [0.15, 0.2) is 48.5 Å². The number of aliphatic hydroxyl groups excluding tert-OH is 1. The first-order chi connectivity index (χ1) is 16.5. The van der Waals surface area contributed by atoms with Gasteiger partial charge in [0.1, 0.15) is 12.6 Å². The van der Waals surface area contributed by atoms with Gasteiger partial charge in [0.15, 0.2) is 0 Å². The van der Waals surface area contributed by atoms with E-state index in [9.17, 15) is 14.4 Å². The van der Waals surface area contributed by atoms with Crippen molar-refractivity contribution in [1.82, 2.24) is 10.6 Å². The van der Waals surface area contributed by atoms with Gasteiger partial charge < -0.3 is 25.6 Å². The minimum Gasteiger partial charge on any atom is -0.480 e. The molecule has 2 aliphatic rings. The van der Waals surface area contributed by atoms with Crippen LogP contribution in [0.25, 0.3) is 11.1 Å². The van der Waals surface area contributed by atoms with Crippen LogP contribution in [0.4, 0.5) is 4.79 Å². The molecule has 0 bridgehead atoms. The quantitative estimate of drug-likeness (QED) is 0.450. The summed E-state index contributed by atoms with van der Waals surface area (Å²) in [6.45, 7) is -0.105. The Morgan fingerprint density at radius 3 is 2.26 bits per heavy atom. The summed E-state index contributed by atoms with van der Waals surface area (Å²) in [6.07, 6.45) is 1.92. The Kier molecular flexibility index (Phi) is 7.47. The average molecular weight is 467 g/mol. The monoisotopic (exact) mass is 466 g/mol. The minimum absolute atomic E-state index is 0.0252. The summed E-state index contributed by atoms with van der Waals surface area (Å²) in [6, 6.07) is 14.9. The number of hydrogen-bond donors (Lipinski definition) is 4. The van der Waals surface area contributed by atoms with Gasteiger partial charge >= 0.3 is 12.1 Å². The molecule has 0 unspecified atom stereocenters. The Balaban J connectivity index is 1.32. The molecule has 3 atom stereocenters. The molecule has 0 saturated heterocycles. The first-order valence-electron chi connectivity index (χ1n) is 11.7. The summed E-state index contributed by atoms with van der Waals surface area (Å²) in [5.74, 6) is -1.69. The molecule has 1 saturated carbocycles. The molecule has 4 rings (SSSR count). The highest BCUT2D eigenvalue weighted by atomic mass is 16.5. The van der Waals surface area contributed by atoms with Crippen molar-refractivity contribution in [3.63, 3.8) is 0 Å². The molecule has 8 heteroatoms. The van der Waals surface area contributed by atoms with Gasteiger partial charge in [-0.3, -0.25) is 4.79 Å². The molecule has 2 aromatic rings. The van der Waals surface area contributed by atoms with Crippen molar-refractivity contribution in [3.8, 4) is 11.1 Å². The first-order valence-corrected chi connectivity index (χ1v) is 11.7. The zero-order chi connectivity index (χ0) is 24.1. The molecule has 1 fully saturated rings. The first kappa shape index (κ1) is 23.8. The lowest BCUT2D eigenvalue weighted by Gasteiger charge is -2.22. The average Bonchev–Trinajstić information content (AvgIpc) is 3.39. The third-order valence-corrected chi connectivity index (χ3v) is 6.80. The molecule has 34 heavy (non-hydrogen) atoms. The van der Waals surface area contributed by atoms with E-state index in [4.69, 9.17) is 14.9 Å². The number of ether oxygens (including phenoxy) is 1. The summed E-state index contributed by atoms with van der Waals surface area (Å²) in [5.41, 5.74) is 4.61. The van der Waals surface area contributed by atoms with Gasteiger partial charge in [-0.05, 0) is 41.0 Å². The number of amides is 2. The lowest BCUT2D eigenvalue weighted by atomic mass is 9.98. The smallest absolute Gasteiger partial charge is 0.407 e. The molecule has 8 nitrogen and oxygen atoms in total. The van der Waals surface area contributed by atoms with E-state index < -0.39 is 24.0 Å². The van der Waals surface area contributed by atoms with Crippen LogP contribution in [0.3, 0.4) is 0 Å². The van der Waals surface area contributed by atoms with Crippen molar-refractivity contribution in [3.05, 3.63) is 59.7 Å². The molecule has 0 heterocycles. The molecule has 2 aromatic carbocycles. The van der Waals surface area contributed by atoms with Crippen LogP contribution in [-0.2, 0) is 14.3 Å². The predicted molar refractivity (Wildman–Crippen MR) is 125 cm³/mol. The van der Waals surface area contributed by atoms with Gasteiger partial charge in [-0.1, -0.05) is 55.0 Å². The van der Waals surface area contributed by atoms with Gasteiger partial charge in [-0.25, -0.2) is 9.59 Å². The Hall–Kier alpha value is -3.39. The van der Waals surface area contributed by atoms with Crippen LogP contribution in [0.2, 0.25) is 0 Å². The number of alkyl carbamates (subject to hydrolysis) is 1. The number of aliphatic hydroxyl groups is 1. The fourth-order valence-corrected chi connectivity index (χ4v) is 5.14. The van der Waals surface area contributed by atoms with Crippen molar-refractivity contribution in [2.24, 2.45) is 5.92 Å². The second-order valence-corrected chi connectivity index (χ2v) is 8.94. The van der Waals surface area contributed by atoms with Gasteiger partial charge in [0.05, 0.1) is 0 Å². The fourth-order valence-electron chi connectivity index (χ4n) is 5.14. The molecular weight excluding hydrogens is 436 g/mol. The van der Waals surface area contributed by atoms with Crippen molar-refractivity contribution in [2.45, 2.75) is 50.1 Å². The van der Waals surface area contributed by atoms with E-state index in [2.05, 4.69) is 34.9 Å². The lowest BCUT2D eigenvalue weighted by molar-refractivity contribution is -0.142. The number of fused-ring (bicyclic) bond motifs is 3. The standard InChI is InChI=1S/C26H30N2O6/c29-13-12-23(25(31)32)27-24(30)14-16-6-5-11-22(16)28-26(33)34-15-21-19-9-3-1-7-17(19)18-8-2-4-10-20(18)21/h1-4,7-10,16,21-23,29H,5-6,11-15H2,(H,27,30)(H,28,33)(H,31,32)/t16-,22+,23+/m0/s1. The Labute approximate surface area is 198 Å². The summed E-state index contributed by atoms with van der Waals surface area (Å²) >= 11 is 0. The van der Waals surface area contributed by atoms with Crippen LogP contribution in [-0.4, -0.2) is 53.5 Å². The van der Waals surface area contributed by atoms with E-state index in [1.165, 1.54) is 0 Å². The molecule has 0 aromatic heterocycles. The normalized spacial score (nSPS) is 19.7. The van der Waals surface area contributed by atoms with E-state index in [-0.39, 0.29) is 43.9 Å². The SMILES string of the molecule is O=C(C[C@@H]1CCC[C@H]1NC(=O)OCC1c2ccccc2-c2ccccc21)N[C@H](CCO)C(=O)O. The zero-order valence-electron chi connectivity index (χ0n) is 18.9. The van der Waals surface area contributed by atoms with Gasteiger partial charge in [-0.2, -0.15) is 0 Å². The maximum Gasteiger partial charge on any atom is 0.407 e. The molecule has 2 aliphatic carbocycles. The van der Waals surface area contributed by atoms with Crippen molar-refractivity contribution < 1.29 is 29.3 Å². The molecule has 180 valence electrons. The Morgan fingerprint density at radius 2 is 1.65 bits per heavy atom. The second-order valence-electron chi connectivity index (χ2n) is 8.94. The maximum atomic E-state index is 12.6. The number of carbonyl (C=O) groups excluding carboxylic acids is 2. The van der Waals surface area contributed by atoms with E-state index in [0.717, 1.165) is 41.5 Å². The van der Waals surface area contributed by atoms with Gasteiger partial charge in [-0.15, -0.1) is 0 Å². The molecule has 0 spiro atoms. The molecule has 2 amide bonds. The molecule has 0 radical (unpaired) electrons. The number of aliphatic carboxylic acids is 1. The van der Waals surface area contributed by atoms with Crippen LogP contribution in [0.1, 0.15) is 49.1 Å². The molecular formula is C26H30N2O6. The summed E-state index contributed by atoms with van der Waals surface area (Å²) in [4.78, 5) is 36.2. The molecule has 0 aliphatic heterocycles. The summed E-state index contributed by atoms with van der Waals surface area (Å²) < 4.78 is 5.63. The highest BCUT2D eigenvalue weighted by molar-refractivity contribution is 5.83. The van der Waals surface area contributed by atoms with E-state index >= 15 is 0 Å². The Bertz CT molecular complexity index is 1010. The van der Waals surface area contributed by atoms with Crippen LogP contribution >= 0.6 is 0 Å².